The van der Waals surface area contributed by atoms with E-state index in [1.807, 2.05) is 24.3 Å². The van der Waals surface area contributed by atoms with Gasteiger partial charge in [-0.25, -0.2) is 8.78 Å². The Morgan fingerprint density at radius 3 is 2.63 bits per heavy atom. The summed E-state index contributed by atoms with van der Waals surface area (Å²) >= 11 is 0. The molecule has 0 amide bonds. The van der Waals surface area contributed by atoms with Gasteiger partial charge in [-0.15, -0.1) is 0 Å². The van der Waals surface area contributed by atoms with Crippen molar-refractivity contribution < 1.29 is 13.5 Å². The second kappa shape index (κ2) is 6.13. The largest absolute Gasteiger partial charge is 0.497 e. The van der Waals surface area contributed by atoms with E-state index in [4.69, 9.17) is 4.74 Å². The van der Waals surface area contributed by atoms with Crippen LogP contribution in [0.4, 0.5) is 14.5 Å². The van der Waals surface area contributed by atoms with Gasteiger partial charge in [-0.1, -0.05) is 12.1 Å². The van der Waals surface area contributed by atoms with Crippen LogP contribution in [0, 0.1) is 11.6 Å². The Hall–Kier alpha value is -2.17. The van der Waals surface area contributed by atoms with Gasteiger partial charge in [0.25, 0.3) is 0 Å². The van der Waals surface area contributed by atoms with Gasteiger partial charge in [-0.2, -0.15) is 0 Å². The molecule has 1 aromatic carbocycles. The molecule has 0 aliphatic carbocycles. The number of ether oxygens (including phenoxy) is 1. The third kappa shape index (κ3) is 3.40. The smallest absolute Gasteiger partial charge is 0.167 e. The van der Waals surface area contributed by atoms with Crippen LogP contribution in [0.3, 0.4) is 0 Å². The highest BCUT2D eigenvalue weighted by molar-refractivity contribution is 5.44. The highest BCUT2D eigenvalue weighted by Crippen LogP contribution is 2.17. The molecule has 100 valence electrons. The lowest BCUT2D eigenvalue weighted by molar-refractivity contribution is 0.414. The van der Waals surface area contributed by atoms with Gasteiger partial charge in [0.2, 0.25) is 0 Å². The minimum atomic E-state index is -0.689. The molecule has 0 saturated heterocycles. The van der Waals surface area contributed by atoms with Crippen LogP contribution in [0.15, 0.2) is 36.7 Å². The summed E-state index contributed by atoms with van der Waals surface area (Å²) in [4.78, 5) is 3.43. The number of aromatic nitrogens is 1. The van der Waals surface area contributed by atoms with E-state index in [0.717, 1.165) is 23.7 Å². The van der Waals surface area contributed by atoms with Gasteiger partial charge < -0.3 is 10.1 Å². The number of anilines is 1. The Balaban J connectivity index is 1.96. The normalized spacial score (nSPS) is 10.3. The van der Waals surface area contributed by atoms with Crippen LogP contribution in [0.2, 0.25) is 0 Å². The molecule has 0 atom stereocenters. The monoisotopic (exact) mass is 264 g/mol. The van der Waals surface area contributed by atoms with Crippen molar-refractivity contribution >= 4 is 5.69 Å². The van der Waals surface area contributed by atoms with E-state index in [2.05, 4.69) is 10.3 Å². The van der Waals surface area contributed by atoms with Crippen molar-refractivity contribution in [1.29, 1.82) is 0 Å². The summed E-state index contributed by atoms with van der Waals surface area (Å²) in [6.45, 7) is 0.422. The Bertz CT molecular complexity index is 541. The quantitative estimate of drug-likeness (QED) is 0.901. The molecular weight excluding hydrogens is 250 g/mol. The average molecular weight is 264 g/mol. The van der Waals surface area contributed by atoms with E-state index in [-0.39, 0.29) is 5.69 Å². The van der Waals surface area contributed by atoms with Crippen LogP contribution in [0.1, 0.15) is 5.56 Å². The first kappa shape index (κ1) is 13.3. The molecule has 2 aromatic rings. The number of pyridine rings is 1. The fourth-order valence-electron chi connectivity index (χ4n) is 1.74. The van der Waals surface area contributed by atoms with Crippen molar-refractivity contribution in [2.45, 2.75) is 6.42 Å². The molecule has 1 heterocycles. The Labute approximate surface area is 110 Å². The van der Waals surface area contributed by atoms with E-state index < -0.39 is 11.6 Å². The second-order valence-electron chi connectivity index (χ2n) is 4.01. The van der Waals surface area contributed by atoms with Crippen LogP contribution in [0.25, 0.3) is 0 Å². The van der Waals surface area contributed by atoms with Crippen molar-refractivity contribution in [2.24, 2.45) is 0 Å². The number of benzene rings is 1. The van der Waals surface area contributed by atoms with Crippen molar-refractivity contribution in [3.05, 3.63) is 53.9 Å². The van der Waals surface area contributed by atoms with Crippen molar-refractivity contribution in [3.63, 3.8) is 0 Å². The van der Waals surface area contributed by atoms with Gasteiger partial charge in [0.05, 0.1) is 19.5 Å². The lowest BCUT2D eigenvalue weighted by Gasteiger charge is -2.09. The maximum Gasteiger partial charge on any atom is 0.167 e. The fourth-order valence-corrected chi connectivity index (χ4v) is 1.74. The van der Waals surface area contributed by atoms with E-state index in [0.29, 0.717) is 13.0 Å². The fraction of sp³-hybridized carbons (Fsp3) is 0.214. The summed E-state index contributed by atoms with van der Waals surface area (Å²) in [5, 5.41) is 2.74. The van der Waals surface area contributed by atoms with Gasteiger partial charge in [0, 0.05) is 6.54 Å². The maximum absolute atomic E-state index is 13.3. The number of nitrogens with zero attached hydrogens (tertiary/aromatic N) is 1. The summed E-state index contributed by atoms with van der Waals surface area (Å²) in [6.07, 6.45) is 2.60. The minimum Gasteiger partial charge on any atom is -0.497 e. The molecule has 0 fully saturated rings. The predicted molar refractivity (Wildman–Crippen MR) is 69.3 cm³/mol. The summed E-state index contributed by atoms with van der Waals surface area (Å²) in [6, 6.07) is 7.55. The first-order valence-corrected chi connectivity index (χ1v) is 5.86. The highest BCUT2D eigenvalue weighted by atomic mass is 19.1. The summed E-state index contributed by atoms with van der Waals surface area (Å²) < 4.78 is 31.7. The predicted octanol–water partition coefficient (Wildman–Crippen LogP) is 3.02. The first-order valence-electron chi connectivity index (χ1n) is 5.86. The topological polar surface area (TPSA) is 34.1 Å². The second-order valence-corrected chi connectivity index (χ2v) is 4.01. The van der Waals surface area contributed by atoms with E-state index in [1.165, 1.54) is 0 Å². The van der Waals surface area contributed by atoms with E-state index in [1.54, 1.807) is 7.11 Å². The third-order valence-electron chi connectivity index (χ3n) is 2.70. The van der Waals surface area contributed by atoms with Crippen molar-refractivity contribution in [1.82, 2.24) is 4.98 Å². The molecule has 1 N–H and O–H groups in total. The van der Waals surface area contributed by atoms with Crippen LogP contribution in [-0.2, 0) is 6.42 Å². The molecule has 0 bridgehead atoms. The highest BCUT2D eigenvalue weighted by Gasteiger charge is 2.08. The van der Waals surface area contributed by atoms with Crippen molar-refractivity contribution in [3.8, 4) is 5.75 Å². The molecule has 0 radical (unpaired) electrons. The molecule has 1 aromatic heterocycles. The van der Waals surface area contributed by atoms with Crippen LogP contribution in [0.5, 0.6) is 5.75 Å². The number of halogens is 2. The van der Waals surface area contributed by atoms with Gasteiger partial charge in [-0.05, 0) is 24.1 Å². The molecule has 3 nitrogen and oxygen atoms in total. The minimum absolute atomic E-state index is 0.141. The third-order valence-corrected chi connectivity index (χ3v) is 2.70. The van der Waals surface area contributed by atoms with Crippen molar-refractivity contribution in [2.75, 3.05) is 19.0 Å². The van der Waals surface area contributed by atoms with Gasteiger partial charge in [0.1, 0.15) is 11.4 Å². The molecule has 0 aliphatic rings. The number of rotatable bonds is 5. The molecule has 2 rings (SSSR count). The zero-order valence-corrected chi connectivity index (χ0v) is 10.5. The van der Waals surface area contributed by atoms with E-state index in [9.17, 15) is 8.78 Å². The zero-order chi connectivity index (χ0) is 13.7. The molecule has 0 unspecified atom stereocenters. The van der Waals surface area contributed by atoms with Gasteiger partial charge in [0.15, 0.2) is 11.6 Å². The zero-order valence-electron chi connectivity index (χ0n) is 10.5. The summed E-state index contributed by atoms with van der Waals surface area (Å²) in [5.74, 6) is -0.616. The molecule has 5 heteroatoms. The lowest BCUT2D eigenvalue weighted by Crippen LogP contribution is -2.08. The standard InChI is InChI=1S/C14H14F2N2O/c1-19-11-4-2-3-10(7-11)5-6-18-14-12(15)8-17-9-13(14)16/h2-4,7-9H,5-6H2,1H3,(H,17,18). The van der Waals surface area contributed by atoms with Gasteiger partial charge >= 0.3 is 0 Å². The summed E-state index contributed by atoms with van der Waals surface area (Å²) in [5.41, 5.74) is 0.889. The first-order chi connectivity index (χ1) is 9.20. The molecule has 19 heavy (non-hydrogen) atoms. The van der Waals surface area contributed by atoms with Crippen LogP contribution >= 0.6 is 0 Å². The molecule has 0 aliphatic heterocycles. The molecular formula is C14H14F2N2O. The van der Waals surface area contributed by atoms with Gasteiger partial charge in [-0.3, -0.25) is 4.98 Å². The van der Waals surface area contributed by atoms with Crippen LogP contribution in [-0.4, -0.2) is 18.6 Å². The lowest BCUT2D eigenvalue weighted by atomic mass is 10.1. The van der Waals surface area contributed by atoms with Crippen LogP contribution < -0.4 is 10.1 Å². The molecule has 0 saturated carbocycles. The molecule has 0 spiro atoms. The Morgan fingerprint density at radius 2 is 1.95 bits per heavy atom. The number of hydrogen-bond donors (Lipinski definition) is 1. The summed E-state index contributed by atoms with van der Waals surface area (Å²) in [7, 11) is 1.60. The Kier molecular flexibility index (Phi) is 4.28. The number of nitrogens with one attached hydrogen (secondary N) is 1. The number of hydrogen-bond acceptors (Lipinski definition) is 3. The number of methoxy groups -OCH3 is 1. The van der Waals surface area contributed by atoms with E-state index >= 15 is 0 Å². The maximum atomic E-state index is 13.3. The Morgan fingerprint density at radius 1 is 1.21 bits per heavy atom. The SMILES string of the molecule is COc1cccc(CCNc2c(F)cncc2F)c1. The average Bonchev–Trinajstić information content (AvgIpc) is 2.42.